The predicted molar refractivity (Wildman–Crippen MR) is 65.0 cm³/mol. The molecule has 1 rings (SSSR count). The van der Waals surface area contributed by atoms with Crippen LogP contribution in [0.5, 0.6) is 5.75 Å². The van der Waals surface area contributed by atoms with Crippen molar-refractivity contribution in [1.29, 1.82) is 0 Å². The third-order valence-electron chi connectivity index (χ3n) is 2.77. The van der Waals surface area contributed by atoms with E-state index in [2.05, 4.69) is 0 Å². The van der Waals surface area contributed by atoms with Gasteiger partial charge in [0.25, 0.3) is 0 Å². The molecule has 1 atom stereocenters. The molecule has 0 fully saturated rings. The van der Waals surface area contributed by atoms with E-state index in [0.29, 0.717) is 11.3 Å². The van der Waals surface area contributed by atoms with Crippen LogP contribution in [0.15, 0.2) is 18.2 Å². The molecule has 18 heavy (non-hydrogen) atoms. The Morgan fingerprint density at radius 1 is 1.33 bits per heavy atom. The first-order chi connectivity index (χ1) is 8.45. The molecule has 0 amide bonds. The lowest BCUT2D eigenvalue weighted by Gasteiger charge is -2.13. The summed E-state index contributed by atoms with van der Waals surface area (Å²) in [5.41, 5.74) is 1.43. The van der Waals surface area contributed by atoms with Gasteiger partial charge in [-0.2, -0.15) is 0 Å². The summed E-state index contributed by atoms with van der Waals surface area (Å²) in [6, 6.07) is 5.08. The third-order valence-corrected chi connectivity index (χ3v) is 2.77. The average molecular weight is 252 g/mol. The second-order valence-corrected chi connectivity index (χ2v) is 4.05. The topological polar surface area (TPSA) is 83.8 Å². The molecule has 1 aromatic carbocycles. The molecule has 0 saturated heterocycles. The Kier molecular flexibility index (Phi) is 4.71. The molecular formula is C13H16O5. The van der Waals surface area contributed by atoms with E-state index in [-0.39, 0.29) is 12.8 Å². The van der Waals surface area contributed by atoms with Crippen molar-refractivity contribution in [3.05, 3.63) is 29.3 Å². The maximum absolute atomic E-state index is 11.2. The number of aliphatic carboxylic acids is 2. The van der Waals surface area contributed by atoms with Crippen LogP contribution >= 0.6 is 0 Å². The lowest BCUT2D eigenvalue weighted by molar-refractivity contribution is -0.140. The molecule has 1 aromatic rings. The first-order valence-corrected chi connectivity index (χ1v) is 5.55. The Morgan fingerprint density at radius 3 is 2.44 bits per heavy atom. The Hall–Kier alpha value is -2.04. The number of carboxylic acid groups (broad SMARTS) is 2. The number of benzene rings is 1. The molecule has 0 aromatic heterocycles. The molecule has 0 aliphatic carbocycles. The second kappa shape index (κ2) is 6.05. The van der Waals surface area contributed by atoms with E-state index in [1.54, 1.807) is 25.3 Å². The quantitative estimate of drug-likeness (QED) is 0.809. The molecule has 98 valence electrons. The van der Waals surface area contributed by atoms with Crippen LogP contribution in [-0.4, -0.2) is 29.3 Å². The van der Waals surface area contributed by atoms with Gasteiger partial charge < -0.3 is 14.9 Å². The van der Waals surface area contributed by atoms with E-state index < -0.39 is 17.9 Å². The van der Waals surface area contributed by atoms with Crippen molar-refractivity contribution in [3.63, 3.8) is 0 Å². The van der Waals surface area contributed by atoms with E-state index in [1.807, 2.05) is 6.92 Å². The van der Waals surface area contributed by atoms with E-state index >= 15 is 0 Å². The highest BCUT2D eigenvalue weighted by Crippen LogP contribution is 2.26. The lowest BCUT2D eigenvalue weighted by atomic mass is 9.93. The Morgan fingerprint density at radius 2 is 2.00 bits per heavy atom. The van der Waals surface area contributed by atoms with Crippen LogP contribution in [0.3, 0.4) is 0 Å². The van der Waals surface area contributed by atoms with Gasteiger partial charge in [-0.05, 0) is 30.5 Å². The highest BCUT2D eigenvalue weighted by molar-refractivity contribution is 5.77. The lowest BCUT2D eigenvalue weighted by Crippen LogP contribution is -2.13. The third kappa shape index (κ3) is 3.48. The molecule has 2 N–H and O–H groups in total. The van der Waals surface area contributed by atoms with Crippen LogP contribution < -0.4 is 4.74 Å². The van der Waals surface area contributed by atoms with Crippen molar-refractivity contribution in [2.45, 2.75) is 25.7 Å². The molecule has 0 saturated carbocycles. The number of ether oxygens (including phenoxy) is 1. The average Bonchev–Trinajstić information content (AvgIpc) is 2.28. The molecule has 5 nitrogen and oxygen atoms in total. The highest BCUT2D eigenvalue weighted by atomic mass is 16.5. The maximum atomic E-state index is 11.2. The smallest absolute Gasteiger partial charge is 0.310 e. The van der Waals surface area contributed by atoms with E-state index in [9.17, 15) is 9.59 Å². The fourth-order valence-corrected chi connectivity index (χ4v) is 1.82. The molecular weight excluding hydrogens is 236 g/mol. The normalized spacial score (nSPS) is 11.9. The monoisotopic (exact) mass is 252 g/mol. The largest absolute Gasteiger partial charge is 0.496 e. The Bertz CT molecular complexity index is 453. The van der Waals surface area contributed by atoms with Crippen molar-refractivity contribution < 1.29 is 24.5 Å². The molecule has 0 bridgehead atoms. The van der Waals surface area contributed by atoms with Gasteiger partial charge in [0.1, 0.15) is 5.75 Å². The first kappa shape index (κ1) is 14.0. The highest BCUT2D eigenvalue weighted by Gasteiger charge is 2.21. The second-order valence-electron chi connectivity index (χ2n) is 4.05. The number of carboxylic acids is 2. The van der Waals surface area contributed by atoms with Crippen LogP contribution in [0.25, 0.3) is 0 Å². The minimum atomic E-state index is -1.01. The number of carbonyl (C=O) groups is 2. The molecule has 0 spiro atoms. The van der Waals surface area contributed by atoms with Crippen LogP contribution in [-0.2, 0) is 9.59 Å². The van der Waals surface area contributed by atoms with Gasteiger partial charge in [-0.25, -0.2) is 0 Å². The molecule has 1 unspecified atom stereocenters. The molecule has 5 heteroatoms. The van der Waals surface area contributed by atoms with Crippen LogP contribution in [0.2, 0.25) is 0 Å². The molecule has 0 aliphatic rings. The number of aryl methyl sites for hydroxylation is 1. The van der Waals surface area contributed by atoms with Gasteiger partial charge in [0.05, 0.1) is 13.0 Å². The number of hydrogen-bond acceptors (Lipinski definition) is 3. The number of rotatable bonds is 6. The van der Waals surface area contributed by atoms with E-state index in [1.165, 1.54) is 0 Å². The summed E-state index contributed by atoms with van der Waals surface area (Å²) < 4.78 is 5.10. The number of methoxy groups -OCH3 is 1. The van der Waals surface area contributed by atoms with Crippen LogP contribution in [0.1, 0.15) is 29.9 Å². The number of hydrogen-bond donors (Lipinski definition) is 2. The van der Waals surface area contributed by atoms with Gasteiger partial charge >= 0.3 is 11.9 Å². The summed E-state index contributed by atoms with van der Waals surface area (Å²) in [6.45, 7) is 1.82. The zero-order valence-electron chi connectivity index (χ0n) is 10.3. The van der Waals surface area contributed by atoms with E-state index in [0.717, 1.165) is 5.56 Å². The van der Waals surface area contributed by atoms with Crippen LogP contribution in [0.4, 0.5) is 0 Å². The molecule has 0 aliphatic heterocycles. The summed E-state index contributed by atoms with van der Waals surface area (Å²) >= 11 is 0. The van der Waals surface area contributed by atoms with Crippen molar-refractivity contribution in [3.8, 4) is 5.75 Å². The van der Waals surface area contributed by atoms with Gasteiger partial charge in [0.15, 0.2) is 0 Å². The zero-order chi connectivity index (χ0) is 13.7. The Labute approximate surface area is 105 Å². The summed E-state index contributed by atoms with van der Waals surface area (Å²) in [7, 11) is 1.54. The van der Waals surface area contributed by atoms with Gasteiger partial charge in [0, 0.05) is 6.42 Å². The fourth-order valence-electron chi connectivity index (χ4n) is 1.82. The Balaban J connectivity index is 2.95. The van der Waals surface area contributed by atoms with Gasteiger partial charge in [-0.15, -0.1) is 0 Å². The minimum absolute atomic E-state index is 0.0798. The van der Waals surface area contributed by atoms with Crippen molar-refractivity contribution in [2.75, 3.05) is 7.11 Å². The maximum Gasteiger partial charge on any atom is 0.310 e. The van der Waals surface area contributed by atoms with Gasteiger partial charge in [0.2, 0.25) is 0 Å². The van der Waals surface area contributed by atoms with Crippen molar-refractivity contribution in [1.82, 2.24) is 0 Å². The SMILES string of the molecule is COc1ccc(C(CCC(=O)O)C(=O)O)cc1C. The van der Waals surface area contributed by atoms with Crippen LogP contribution in [0, 0.1) is 6.92 Å². The minimum Gasteiger partial charge on any atom is -0.496 e. The van der Waals surface area contributed by atoms with E-state index in [4.69, 9.17) is 14.9 Å². The van der Waals surface area contributed by atoms with Gasteiger partial charge in [-0.3, -0.25) is 9.59 Å². The molecule has 0 radical (unpaired) electrons. The standard InChI is InChI=1S/C13H16O5/c1-8-7-9(3-5-11(8)18-2)10(13(16)17)4-6-12(14)15/h3,5,7,10H,4,6H2,1-2H3,(H,14,15)(H,16,17). The first-order valence-electron chi connectivity index (χ1n) is 5.55. The summed E-state index contributed by atoms with van der Waals surface area (Å²) in [4.78, 5) is 21.7. The summed E-state index contributed by atoms with van der Waals surface area (Å²) in [6.07, 6.45) is -0.0848. The zero-order valence-corrected chi connectivity index (χ0v) is 10.3. The summed E-state index contributed by atoms with van der Waals surface area (Å²) in [5, 5.41) is 17.7. The van der Waals surface area contributed by atoms with Crippen molar-refractivity contribution >= 4 is 11.9 Å². The fraction of sp³-hybridized carbons (Fsp3) is 0.385. The van der Waals surface area contributed by atoms with Crippen molar-refractivity contribution in [2.24, 2.45) is 0 Å². The molecule has 0 heterocycles. The van der Waals surface area contributed by atoms with Gasteiger partial charge in [-0.1, -0.05) is 12.1 Å². The predicted octanol–water partition coefficient (Wildman–Crippen LogP) is 2.04. The summed E-state index contributed by atoms with van der Waals surface area (Å²) in [5.74, 6) is -2.13.